The maximum Gasteiger partial charge on any atom is 0.283 e. The summed E-state index contributed by atoms with van der Waals surface area (Å²) in [5, 5.41) is 5.95. The molecular formula is C25H18Cl3N3O3. The maximum absolute atomic E-state index is 13.0. The maximum atomic E-state index is 13.0. The number of aryl methyl sites for hydroxylation is 1. The largest absolute Gasteiger partial charge is 0.350 e. The van der Waals surface area contributed by atoms with Gasteiger partial charge in [-0.1, -0.05) is 59.9 Å². The Labute approximate surface area is 211 Å². The van der Waals surface area contributed by atoms with Gasteiger partial charge in [-0.25, -0.2) is 4.90 Å². The summed E-state index contributed by atoms with van der Waals surface area (Å²) in [6.07, 6.45) is 0.906. The molecule has 3 aromatic rings. The average Bonchev–Trinajstić information content (AvgIpc) is 3.02. The average molecular weight is 515 g/mol. The predicted molar refractivity (Wildman–Crippen MR) is 136 cm³/mol. The van der Waals surface area contributed by atoms with Gasteiger partial charge in [0.1, 0.15) is 10.7 Å². The van der Waals surface area contributed by atoms with Crippen LogP contribution in [0.15, 0.2) is 77.5 Å². The molecule has 0 radical (unpaired) electrons. The Morgan fingerprint density at radius 1 is 0.853 bits per heavy atom. The van der Waals surface area contributed by atoms with Gasteiger partial charge in [-0.15, -0.1) is 0 Å². The summed E-state index contributed by atoms with van der Waals surface area (Å²) in [5.74, 6) is -1.70. The van der Waals surface area contributed by atoms with Crippen molar-refractivity contribution in [3.63, 3.8) is 0 Å². The van der Waals surface area contributed by atoms with E-state index in [-0.39, 0.29) is 32.4 Å². The summed E-state index contributed by atoms with van der Waals surface area (Å²) >= 11 is 18.2. The van der Waals surface area contributed by atoms with Crippen molar-refractivity contribution in [2.45, 2.75) is 13.3 Å². The zero-order valence-electron chi connectivity index (χ0n) is 17.9. The van der Waals surface area contributed by atoms with Gasteiger partial charge >= 0.3 is 0 Å². The lowest BCUT2D eigenvalue weighted by Gasteiger charge is -2.16. The lowest BCUT2D eigenvalue weighted by molar-refractivity contribution is -0.120. The second-order valence-corrected chi connectivity index (χ2v) is 8.72. The lowest BCUT2D eigenvalue weighted by Crippen LogP contribution is -2.32. The van der Waals surface area contributed by atoms with E-state index in [1.165, 1.54) is 23.8 Å². The number of imide groups is 1. The van der Waals surface area contributed by atoms with Crippen LogP contribution in [0.3, 0.4) is 0 Å². The summed E-state index contributed by atoms with van der Waals surface area (Å²) in [6, 6.07) is 18.4. The van der Waals surface area contributed by atoms with Gasteiger partial charge in [0.2, 0.25) is 0 Å². The van der Waals surface area contributed by atoms with Crippen LogP contribution >= 0.6 is 34.8 Å². The van der Waals surface area contributed by atoms with E-state index < -0.39 is 11.8 Å². The van der Waals surface area contributed by atoms with E-state index in [0.717, 1.165) is 11.3 Å². The summed E-state index contributed by atoms with van der Waals surface area (Å²) in [5.41, 5.74) is 2.68. The van der Waals surface area contributed by atoms with Gasteiger partial charge in [-0.2, -0.15) is 0 Å². The Balaban J connectivity index is 1.53. The first-order valence-electron chi connectivity index (χ1n) is 10.3. The van der Waals surface area contributed by atoms with Crippen LogP contribution in [0.25, 0.3) is 0 Å². The normalized spacial score (nSPS) is 13.5. The van der Waals surface area contributed by atoms with E-state index in [4.69, 9.17) is 34.8 Å². The van der Waals surface area contributed by atoms with Crippen molar-refractivity contribution in [1.82, 2.24) is 0 Å². The molecule has 6 nitrogen and oxygen atoms in total. The highest BCUT2D eigenvalue weighted by atomic mass is 35.5. The molecular weight excluding hydrogens is 497 g/mol. The van der Waals surface area contributed by atoms with Crippen LogP contribution < -0.4 is 15.5 Å². The number of nitrogens with one attached hydrogen (secondary N) is 2. The van der Waals surface area contributed by atoms with Gasteiger partial charge in [-0.05, 0) is 60.5 Å². The molecule has 0 bridgehead atoms. The van der Waals surface area contributed by atoms with Crippen molar-refractivity contribution < 1.29 is 14.4 Å². The first-order chi connectivity index (χ1) is 16.3. The second-order valence-electron chi connectivity index (χ2n) is 7.47. The van der Waals surface area contributed by atoms with E-state index in [2.05, 4.69) is 17.6 Å². The van der Waals surface area contributed by atoms with E-state index in [1.807, 2.05) is 24.3 Å². The van der Waals surface area contributed by atoms with Crippen LogP contribution in [0, 0.1) is 0 Å². The van der Waals surface area contributed by atoms with E-state index >= 15 is 0 Å². The van der Waals surface area contributed by atoms with Gasteiger partial charge in [0.05, 0.1) is 5.69 Å². The second kappa shape index (κ2) is 9.89. The van der Waals surface area contributed by atoms with Crippen LogP contribution in [0.4, 0.5) is 17.1 Å². The van der Waals surface area contributed by atoms with Crippen molar-refractivity contribution in [2.24, 2.45) is 0 Å². The van der Waals surface area contributed by atoms with E-state index in [9.17, 15) is 14.4 Å². The van der Waals surface area contributed by atoms with E-state index in [0.29, 0.717) is 16.9 Å². The molecule has 1 aliphatic rings. The topological polar surface area (TPSA) is 78.5 Å². The summed E-state index contributed by atoms with van der Waals surface area (Å²) < 4.78 is 0. The molecule has 0 unspecified atom stereocenters. The summed E-state index contributed by atoms with van der Waals surface area (Å²) in [4.78, 5) is 39.3. The lowest BCUT2D eigenvalue weighted by atomic mass is 10.1. The molecule has 4 rings (SSSR count). The number of anilines is 3. The first kappa shape index (κ1) is 23.8. The third-order valence-corrected chi connectivity index (χ3v) is 5.93. The number of benzene rings is 3. The quantitative estimate of drug-likeness (QED) is 0.382. The van der Waals surface area contributed by atoms with Crippen LogP contribution in [-0.4, -0.2) is 17.7 Å². The molecule has 0 spiro atoms. The number of carbonyl (C=O) groups is 3. The SMILES string of the molecule is CCc1ccc(NC(=O)c2cccc(NC3=C(Cl)C(=O)N(c4cc(Cl)cc(Cl)c4)C3=O)c2)cc1. The van der Waals surface area contributed by atoms with Crippen LogP contribution in [0.5, 0.6) is 0 Å². The number of hydrogen-bond donors (Lipinski definition) is 2. The van der Waals surface area contributed by atoms with Crippen molar-refractivity contribution in [2.75, 3.05) is 15.5 Å². The van der Waals surface area contributed by atoms with Gasteiger partial charge < -0.3 is 10.6 Å². The predicted octanol–water partition coefficient (Wildman–Crippen LogP) is 6.24. The number of nitrogens with zero attached hydrogens (tertiary/aromatic N) is 1. The van der Waals surface area contributed by atoms with Crippen molar-refractivity contribution in [3.05, 3.63) is 98.6 Å². The molecule has 0 aromatic heterocycles. The molecule has 0 fully saturated rings. The minimum Gasteiger partial charge on any atom is -0.350 e. The molecule has 3 aromatic carbocycles. The molecule has 34 heavy (non-hydrogen) atoms. The molecule has 2 N–H and O–H groups in total. The Morgan fingerprint density at radius 3 is 2.18 bits per heavy atom. The fraction of sp³-hybridized carbons (Fsp3) is 0.0800. The molecule has 0 saturated heterocycles. The van der Waals surface area contributed by atoms with E-state index in [1.54, 1.807) is 24.3 Å². The molecule has 3 amide bonds. The van der Waals surface area contributed by atoms with Gasteiger partial charge in [-0.3, -0.25) is 14.4 Å². The molecule has 1 aliphatic heterocycles. The fourth-order valence-electron chi connectivity index (χ4n) is 3.42. The highest BCUT2D eigenvalue weighted by Crippen LogP contribution is 2.33. The Kier molecular flexibility index (Phi) is 6.93. The zero-order valence-corrected chi connectivity index (χ0v) is 20.1. The number of halogens is 3. The highest BCUT2D eigenvalue weighted by molar-refractivity contribution is 6.53. The Hall–Kier alpha value is -3.32. The third kappa shape index (κ3) is 4.94. The molecule has 172 valence electrons. The molecule has 9 heteroatoms. The standard InChI is InChI=1S/C25H18Cl3N3O3/c1-2-14-6-8-18(9-7-14)30-23(32)15-4-3-5-19(10-15)29-22-21(28)24(33)31(25(22)34)20-12-16(26)11-17(27)13-20/h3-13,29H,2H2,1H3,(H,30,32). The van der Waals surface area contributed by atoms with Crippen LogP contribution in [0.1, 0.15) is 22.8 Å². The Bertz CT molecular complexity index is 1320. The van der Waals surface area contributed by atoms with Crippen LogP contribution in [0.2, 0.25) is 10.0 Å². The van der Waals surface area contributed by atoms with Gasteiger partial charge in [0, 0.05) is 27.0 Å². The first-order valence-corrected chi connectivity index (χ1v) is 11.4. The van der Waals surface area contributed by atoms with Crippen LogP contribution in [-0.2, 0) is 16.0 Å². The Morgan fingerprint density at radius 2 is 1.53 bits per heavy atom. The molecule has 0 saturated carbocycles. The summed E-state index contributed by atoms with van der Waals surface area (Å²) in [6.45, 7) is 2.06. The van der Waals surface area contributed by atoms with Crippen molar-refractivity contribution in [3.8, 4) is 0 Å². The van der Waals surface area contributed by atoms with Gasteiger partial charge in [0.15, 0.2) is 0 Å². The monoisotopic (exact) mass is 513 g/mol. The number of rotatable bonds is 6. The molecule has 0 aliphatic carbocycles. The third-order valence-electron chi connectivity index (χ3n) is 5.15. The number of carbonyl (C=O) groups excluding carboxylic acids is 3. The van der Waals surface area contributed by atoms with Gasteiger partial charge in [0.25, 0.3) is 17.7 Å². The summed E-state index contributed by atoms with van der Waals surface area (Å²) in [7, 11) is 0. The highest BCUT2D eigenvalue weighted by Gasteiger charge is 2.39. The zero-order chi connectivity index (χ0) is 24.4. The number of hydrogen-bond acceptors (Lipinski definition) is 4. The fourth-order valence-corrected chi connectivity index (χ4v) is 4.15. The van der Waals surface area contributed by atoms with Crippen molar-refractivity contribution in [1.29, 1.82) is 0 Å². The minimum atomic E-state index is -0.711. The molecule has 1 heterocycles. The number of amides is 3. The minimum absolute atomic E-state index is 0.115. The smallest absolute Gasteiger partial charge is 0.283 e. The van der Waals surface area contributed by atoms with Crippen molar-refractivity contribution >= 4 is 69.6 Å². The molecule has 0 atom stereocenters.